The fourth-order valence-corrected chi connectivity index (χ4v) is 1.40. The number of hydrogen-bond donors (Lipinski definition) is 0. The Kier molecular flexibility index (Phi) is 2.82. The molecule has 1 aliphatic rings. The van der Waals surface area contributed by atoms with Crippen molar-refractivity contribution in [3.05, 3.63) is 18.6 Å². The molecule has 1 saturated carbocycles. The summed E-state index contributed by atoms with van der Waals surface area (Å²) in [5.74, 6) is 0.795. The fraction of sp³-hybridized carbons (Fsp3) is 0.667. The monoisotopic (exact) mass is 123 g/mol. The van der Waals surface area contributed by atoms with Crippen molar-refractivity contribution in [1.82, 2.24) is 0 Å². The summed E-state index contributed by atoms with van der Waals surface area (Å²) in [6.45, 7) is 2.10. The molecule has 1 rings (SSSR count). The lowest BCUT2D eigenvalue weighted by Crippen LogP contribution is -2.02. The second-order valence-corrected chi connectivity index (χ2v) is 2.71. The highest BCUT2D eigenvalue weighted by atomic mass is 14.1. The molecule has 1 unspecified atom stereocenters. The van der Waals surface area contributed by atoms with Crippen LogP contribution in [0.2, 0.25) is 0 Å². The molecule has 0 spiro atoms. The first-order chi connectivity index (χ1) is 4.43. The van der Waals surface area contributed by atoms with Gasteiger partial charge in [0.05, 0.1) is 0 Å². The Hall–Kier alpha value is -0.260. The highest BCUT2D eigenvalue weighted by molar-refractivity contribution is 4.95. The maximum Gasteiger partial charge on any atom is -0.0202 e. The molecule has 1 atom stereocenters. The predicted molar refractivity (Wildman–Crippen MR) is 41.1 cm³/mol. The van der Waals surface area contributed by atoms with E-state index < -0.39 is 0 Å². The summed E-state index contributed by atoms with van der Waals surface area (Å²) in [7, 11) is 0. The van der Waals surface area contributed by atoms with Gasteiger partial charge in [0.2, 0.25) is 0 Å². The molecule has 0 amide bonds. The summed E-state index contributed by atoms with van der Waals surface area (Å²) >= 11 is 0. The van der Waals surface area contributed by atoms with Crippen LogP contribution in [0.15, 0.2) is 12.2 Å². The second-order valence-electron chi connectivity index (χ2n) is 2.71. The van der Waals surface area contributed by atoms with Crippen LogP contribution in [0, 0.1) is 12.3 Å². The van der Waals surface area contributed by atoms with E-state index in [4.69, 9.17) is 0 Å². The molecule has 0 saturated heterocycles. The van der Waals surface area contributed by atoms with Gasteiger partial charge in [0.15, 0.2) is 0 Å². The molecule has 0 heterocycles. The Morgan fingerprint density at radius 3 is 2.89 bits per heavy atom. The highest BCUT2D eigenvalue weighted by Gasteiger charge is 2.08. The fourth-order valence-electron chi connectivity index (χ4n) is 1.40. The van der Waals surface area contributed by atoms with Gasteiger partial charge in [-0.15, -0.1) is 0 Å². The molecular weight excluding hydrogens is 108 g/mol. The van der Waals surface area contributed by atoms with E-state index in [1.807, 2.05) is 0 Å². The Morgan fingerprint density at radius 2 is 2.33 bits per heavy atom. The minimum absolute atomic E-state index is 0.795. The third-order valence-electron chi connectivity index (χ3n) is 1.90. The van der Waals surface area contributed by atoms with E-state index >= 15 is 0 Å². The van der Waals surface area contributed by atoms with Gasteiger partial charge >= 0.3 is 0 Å². The average molecular weight is 123 g/mol. The lowest BCUT2D eigenvalue weighted by molar-refractivity contribution is 0.512. The minimum Gasteiger partial charge on any atom is -0.0914 e. The van der Waals surface area contributed by atoms with Crippen molar-refractivity contribution in [2.24, 2.45) is 5.92 Å². The summed E-state index contributed by atoms with van der Waals surface area (Å²) in [5, 5.41) is 0. The lowest BCUT2D eigenvalue weighted by atomic mass is 9.89. The van der Waals surface area contributed by atoms with Gasteiger partial charge in [-0.1, -0.05) is 25.0 Å². The number of allylic oxidation sites excluding steroid dienone is 2. The van der Waals surface area contributed by atoms with Crippen molar-refractivity contribution < 1.29 is 0 Å². The standard InChI is InChI=1S/C9H15/c1-2-6-9-7-4-3-5-8-9/h2,6-7,9H,3-5,8H2,1H3. The van der Waals surface area contributed by atoms with Crippen LogP contribution in [0.3, 0.4) is 0 Å². The molecule has 0 bridgehead atoms. The van der Waals surface area contributed by atoms with Crippen molar-refractivity contribution in [2.45, 2.75) is 32.6 Å². The van der Waals surface area contributed by atoms with Crippen LogP contribution in [-0.2, 0) is 0 Å². The quantitative estimate of drug-likeness (QED) is 0.470. The van der Waals surface area contributed by atoms with E-state index in [0.717, 1.165) is 5.92 Å². The first kappa shape index (κ1) is 6.85. The van der Waals surface area contributed by atoms with Crippen molar-refractivity contribution in [3.8, 4) is 0 Å². The van der Waals surface area contributed by atoms with E-state index in [1.54, 1.807) is 0 Å². The smallest absolute Gasteiger partial charge is 0.0202 e. The maximum atomic E-state index is 2.43. The molecule has 0 heteroatoms. The van der Waals surface area contributed by atoms with Crippen molar-refractivity contribution in [1.29, 1.82) is 0 Å². The SMILES string of the molecule is CC=CC1[CH]CCCC1. The Morgan fingerprint density at radius 1 is 1.44 bits per heavy atom. The normalized spacial score (nSPS) is 23.2. The molecule has 9 heavy (non-hydrogen) atoms. The highest BCUT2D eigenvalue weighted by Crippen LogP contribution is 2.23. The molecule has 0 nitrogen and oxygen atoms in total. The van der Waals surface area contributed by atoms with Crippen LogP contribution >= 0.6 is 0 Å². The molecule has 0 aliphatic heterocycles. The van der Waals surface area contributed by atoms with E-state index in [2.05, 4.69) is 25.5 Å². The number of rotatable bonds is 1. The molecule has 0 aromatic rings. The molecule has 0 N–H and O–H groups in total. The van der Waals surface area contributed by atoms with Crippen molar-refractivity contribution in [2.75, 3.05) is 0 Å². The van der Waals surface area contributed by atoms with Gasteiger partial charge in [0.25, 0.3) is 0 Å². The molecule has 51 valence electrons. The van der Waals surface area contributed by atoms with Gasteiger partial charge < -0.3 is 0 Å². The van der Waals surface area contributed by atoms with Crippen LogP contribution in [-0.4, -0.2) is 0 Å². The van der Waals surface area contributed by atoms with Crippen molar-refractivity contribution in [3.63, 3.8) is 0 Å². The van der Waals surface area contributed by atoms with Crippen LogP contribution in [0.5, 0.6) is 0 Å². The first-order valence-corrected chi connectivity index (χ1v) is 3.89. The minimum atomic E-state index is 0.795. The molecule has 1 fully saturated rings. The predicted octanol–water partition coefficient (Wildman–Crippen LogP) is 2.96. The number of hydrogen-bond acceptors (Lipinski definition) is 0. The summed E-state index contributed by atoms with van der Waals surface area (Å²) in [4.78, 5) is 0. The third-order valence-corrected chi connectivity index (χ3v) is 1.90. The second kappa shape index (κ2) is 3.71. The van der Waals surface area contributed by atoms with Crippen LogP contribution in [0.4, 0.5) is 0 Å². The van der Waals surface area contributed by atoms with Gasteiger partial charge in [-0.05, 0) is 32.1 Å². The zero-order chi connectivity index (χ0) is 6.53. The van der Waals surface area contributed by atoms with E-state index in [9.17, 15) is 0 Å². The van der Waals surface area contributed by atoms with Gasteiger partial charge in [-0.3, -0.25) is 0 Å². The molecule has 0 aromatic heterocycles. The summed E-state index contributed by atoms with van der Waals surface area (Å²) in [6, 6.07) is 0. The van der Waals surface area contributed by atoms with Crippen LogP contribution < -0.4 is 0 Å². The first-order valence-electron chi connectivity index (χ1n) is 3.89. The van der Waals surface area contributed by atoms with Crippen LogP contribution in [0.1, 0.15) is 32.6 Å². The Balaban J connectivity index is 2.23. The van der Waals surface area contributed by atoms with E-state index in [-0.39, 0.29) is 0 Å². The Bertz CT molecular complexity index is 86.2. The molecule has 0 aromatic carbocycles. The largest absolute Gasteiger partial charge is 0.0914 e. The van der Waals surface area contributed by atoms with E-state index in [0.29, 0.717) is 0 Å². The zero-order valence-electron chi connectivity index (χ0n) is 6.14. The van der Waals surface area contributed by atoms with Crippen molar-refractivity contribution >= 4 is 0 Å². The Labute approximate surface area is 58.0 Å². The summed E-state index contributed by atoms with van der Waals surface area (Å²) in [6.07, 6.45) is 12.4. The molecule has 1 aliphatic carbocycles. The molecule has 1 radical (unpaired) electrons. The van der Waals surface area contributed by atoms with Gasteiger partial charge in [0.1, 0.15) is 0 Å². The van der Waals surface area contributed by atoms with E-state index in [1.165, 1.54) is 25.7 Å². The lowest BCUT2D eigenvalue weighted by Gasteiger charge is -2.16. The van der Waals surface area contributed by atoms with Gasteiger partial charge in [0, 0.05) is 0 Å². The maximum absolute atomic E-state index is 2.43. The van der Waals surface area contributed by atoms with Crippen LogP contribution in [0.25, 0.3) is 0 Å². The zero-order valence-corrected chi connectivity index (χ0v) is 6.14. The topological polar surface area (TPSA) is 0 Å². The summed E-state index contributed by atoms with van der Waals surface area (Å²) < 4.78 is 0. The van der Waals surface area contributed by atoms with Gasteiger partial charge in [-0.2, -0.15) is 0 Å². The summed E-state index contributed by atoms with van der Waals surface area (Å²) in [5.41, 5.74) is 0. The molecular formula is C9H15. The average Bonchev–Trinajstić information content (AvgIpc) is 1.91. The third kappa shape index (κ3) is 2.21. The van der Waals surface area contributed by atoms with Gasteiger partial charge in [-0.25, -0.2) is 0 Å².